The number of ketones is 1. The summed E-state index contributed by atoms with van der Waals surface area (Å²) in [5, 5.41) is 20.1. The molecular formula is C21H19BrClNO5. The number of benzene rings is 2. The van der Waals surface area contributed by atoms with Crippen LogP contribution in [-0.2, 0) is 14.3 Å². The van der Waals surface area contributed by atoms with E-state index in [0.29, 0.717) is 16.1 Å². The molecule has 0 saturated carbocycles. The molecule has 3 rings (SSSR count). The van der Waals surface area contributed by atoms with Crippen molar-refractivity contribution < 1.29 is 24.5 Å². The van der Waals surface area contributed by atoms with Crippen LogP contribution in [0.4, 0.5) is 0 Å². The van der Waals surface area contributed by atoms with Gasteiger partial charge in [-0.1, -0.05) is 57.9 Å². The first kappa shape index (κ1) is 21.5. The second-order valence-corrected chi connectivity index (χ2v) is 7.68. The van der Waals surface area contributed by atoms with Gasteiger partial charge in [-0.3, -0.25) is 9.59 Å². The van der Waals surface area contributed by atoms with Crippen LogP contribution in [0.1, 0.15) is 17.2 Å². The summed E-state index contributed by atoms with van der Waals surface area (Å²) in [6.45, 7) is 0.223. The van der Waals surface area contributed by atoms with Crippen molar-refractivity contribution >= 4 is 45.0 Å². The van der Waals surface area contributed by atoms with E-state index in [1.165, 1.54) is 4.90 Å². The number of likely N-dealkylation sites (tertiary alicyclic amines) is 1. The van der Waals surface area contributed by atoms with Crippen molar-refractivity contribution in [1.82, 2.24) is 4.90 Å². The second kappa shape index (κ2) is 9.54. The third kappa shape index (κ3) is 4.53. The van der Waals surface area contributed by atoms with Crippen molar-refractivity contribution in [2.24, 2.45) is 0 Å². The molecule has 2 aromatic rings. The average molecular weight is 481 g/mol. The summed E-state index contributed by atoms with van der Waals surface area (Å²) in [6, 6.07) is 12.8. The summed E-state index contributed by atoms with van der Waals surface area (Å²) >= 11 is 9.69. The van der Waals surface area contributed by atoms with Gasteiger partial charge in [0.25, 0.3) is 11.7 Å². The van der Waals surface area contributed by atoms with E-state index < -0.39 is 17.7 Å². The fraction of sp³-hybridized carbons (Fsp3) is 0.238. The highest BCUT2D eigenvalue weighted by Crippen LogP contribution is 2.41. The Morgan fingerprint density at radius 1 is 1.10 bits per heavy atom. The molecule has 152 valence electrons. The molecule has 1 aliphatic rings. The molecule has 29 heavy (non-hydrogen) atoms. The van der Waals surface area contributed by atoms with Gasteiger partial charge in [0.1, 0.15) is 5.76 Å². The fourth-order valence-electron chi connectivity index (χ4n) is 3.22. The molecule has 0 aliphatic carbocycles. The lowest BCUT2D eigenvalue weighted by Crippen LogP contribution is -2.33. The normalized spacial score (nSPS) is 18.4. The molecule has 1 heterocycles. The highest BCUT2D eigenvalue weighted by molar-refractivity contribution is 9.10. The topological polar surface area (TPSA) is 87.1 Å². The molecule has 1 fully saturated rings. The number of aliphatic hydroxyl groups is 2. The zero-order valence-corrected chi connectivity index (χ0v) is 17.7. The first-order valence-electron chi connectivity index (χ1n) is 8.93. The zero-order chi connectivity index (χ0) is 21.0. The molecule has 1 atom stereocenters. The quantitative estimate of drug-likeness (QED) is 0.274. The largest absolute Gasteiger partial charge is 0.507 e. The van der Waals surface area contributed by atoms with Crippen molar-refractivity contribution in [2.75, 3.05) is 26.4 Å². The van der Waals surface area contributed by atoms with Crippen LogP contribution in [0.3, 0.4) is 0 Å². The molecule has 1 saturated heterocycles. The maximum Gasteiger partial charge on any atom is 0.295 e. The van der Waals surface area contributed by atoms with Crippen molar-refractivity contribution in [3.8, 4) is 0 Å². The zero-order valence-electron chi connectivity index (χ0n) is 15.3. The van der Waals surface area contributed by atoms with E-state index in [2.05, 4.69) is 15.9 Å². The molecule has 0 aromatic heterocycles. The number of carbonyl (C=O) groups excluding carboxylic acids is 2. The number of nitrogens with zero attached hydrogens (tertiary/aromatic N) is 1. The summed E-state index contributed by atoms with van der Waals surface area (Å²) in [6.07, 6.45) is 0. The Hall–Kier alpha value is -2.19. The maximum absolute atomic E-state index is 12.8. The Labute approximate surface area is 181 Å². The lowest BCUT2D eigenvalue weighted by Gasteiger charge is -2.26. The van der Waals surface area contributed by atoms with E-state index in [9.17, 15) is 14.7 Å². The van der Waals surface area contributed by atoms with Gasteiger partial charge in [0.2, 0.25) is 0 Å². The van der Waals surface area contributed by atoms with Crippen LogP contribution in [-0.4, -0.2) is 53.2 Å². The van der Waals surface area contributed by atoms with Gasteiger partial charge in [0.05, 0.1) is 31.4 Å². The van der Waals surface area contributed by atoms with E-state index in [4.69, 9.17) is 21.4 Å². The van der Waals surface area contributed by atoms with Gasteiger partial charge >= 0.3 is 0 Å². The Morgan fingerprint density at radius 3 is 2.45 bits per heavy atom. The standard InChI is InChI=1S/C21H19BrClNO5/c22-14-7-5-13(6-8-14)19(26)17-18(15-3-1-2-4-16(15)23)24(21(28)20(17)27)9-11-29-12-10-25/h1-8,18,25-26H,9-12H2/t18-/m1/s1. The van der Waals surface area contributed by atoms with Crippen molar-refractivity contribution in [2.45, 2.75) is 6.04 Å². The summed E-state index contributed by atoms with van der Waals surface area (Å²) in [5.41, 5.74) is 0.932. The summed E-state index contributed by atoms with van der Waals surface area (Å²) in [5.74, 6) is -1.78. The van der Waals surface area contributed by atoms with Crippen molar-refractivity contribution in [1.29, 1.82) is 0 Å². The summed E-state index contributed by atoms with van der Waals surface area (Å²) in [4.78, 5) is 26.9. The van der Waals surface area contributed by atoms with Crippen LogP contribution >= 0.6 is 27.5 Å². The number of Topliss-reactive ketones (excluding diaryl/α,β-unsaturated/α-hetero) is 1. The van der Waals surface area contributed by atoms with Crippen LogP contribution in [0.5, 0.6) is 0 Å². The van der Waals surface area contributed by atoms with E-state index in [1.807, 2.05) is 0 Å². The molecule has 0 radical (unpaired) electrons. The van der Waals surface area contributed by atoms with E-state index >= 15 is 0 Å². The van der Waals surface area contributed by atoms with Crippen LogP contribution in [0, 0.1) is 0 Å². The van der Waals surface area contributed by atoms with Crippen LogP contribution < -0.4 is 0 Å². The first-order chi connectivity index (χ1) is 14.0. The van der Waals surface area contributed by atoms with Gasteiger partial charge in [-0.25, -0.2) is 0 Å². The van der Waals surface area contributed by atoms with Crippen LogP contribution in [0.25, 0.3) is 5.76 Å². The minimum Gasteiger partial charge on any atom is -0.507 e. The molecule has 0 spiro atoms. The van der Waals surface area contributed by atoms with Gasteiger partial charge in [0.15, 0.2) is 0 Å². The van der Waals surface area contributed by atoms with Gasteiger partial charge in [-0.2, -0.15) is 0 Å². The highest BCUT2D eigenvalue weighted by Gasteiger charge is 2.46. The third-order valence-corrected chi connectivity index (χ3v) is 5.44. The van der Waals surface area contributed by atoms with E-state index in [1.54, 1.807) is 48.5 Å². The van der Waals surface area contributed by atoms with Crippen LogP contribution in [0.15, 0.2) is 58.6 Å². The summed E-state index contributed by atoms with van der Waals surface area (Å²) in [7, 11) is 0. The van der Waals surface area contributed by atoms with Crippen LogP contribution in [0.2, 0.25) is 5.02 Å². The van der Waals surface area contributed by atoms with Gasteiger partial charge in [-0.05, 0) is 23.8 Å². The second-order valence-electron chi connectivity index (χ2n) is 6.36. The number of hydrogen-bond acceptors (Lipinski definition) is 5. The third-order valence-electron chi connectivity index (χ3n) is 4.57. The Bertz CT molecular complexity index is 944. The number of rotatable bonds is 7. The molecule has 6 nitrogen and oxygen atoms in total. The fourth-order valence-corrected chi connectivity index (χ4v) is 3.73. The monoisotopic (exact) mass is 479 g/mol. The minimum absolute atomic E-state index is 0.0208. The lowest BCUT2D eigenvalue weighted by atomic mass is 9.95. The number of halogens is 2. The smallest absolute Gasteiger partial charge is 0.295 e. The molecule has 0 unspecified atom stereocenters. The molecule has 8 heteroatoms. The Kier molecular flexibility index (Phi) is 7.08. The van der Waals surface area contributed by atoms with Gasteiger partial charge < -0.3 is 19.8 Å². The van der Waals surface area contributed by atoms with Gasteiger partial charge in [0, 0.05) is 21.6 Å². The molecule has 2 N–H and O–H groups in total. The molecule has 2 aromatic carbocycles. The minimum atomic E-state index is -0.843. The summed E-state index contributed by atoms with van der Waals surface area (Å²) < 4.78 is 6.08. The predicted octanol–water partition coefficient (Wildman–Crippen LogP) is 3.53. The Balaban J connectivity index is 2.08. The van der Waals surface area contributed by atoms with Crippen molar-refractivity contribution in [3.05, 3.63) is 74.7 Å². The molecular weight excluding hydrogens is 462 g/mol. The van der Waals surface area contributed by atoms with Gasteiger partial charge in [-0.15, -0.1) is 0 Å². The SMILES string of the molecule is O=C1C(=O)N(CCOCCO)[C@H](c2ccccc2Cl)C1=C(O)c1ccc(Br)cc1. The molecule has 0 bridgehead atoms. The number of ether oxygens (including phenoxy) is 1. The average Bonchev–Trinajstić information content (AvgIpc) is 2.96. The first-order valence-corrected chi connectivity index (χ1v) is 10.1. The predicted molar refractivity (Wildman–Crippen MR) is 113 cm³/mol. The Morgan fingerprint density at radius 2 is 1.79 bits per heavy atom. The molecule has 1 aliphatic heterocycles. The van der Waals surface area contributed by atoms with Crippen molar-refractivity contribution in [3.63, 3.8) is 0 Å². The number of amides is 1. The lowest BCUT2D eigenvalue weighted by molar-refractivity contribution is -0.140. The number of hydrogen-bond donors (Lipinski definition) is 2. The number of aliphatic hydroxyl groups excluding tert-OH is 2. The van der Waals surface area contributed by atoms with E-state index in [0.717, 1.165) is 4.47 Å². The number of carbonyl (C=O) groups is 2. The van der Waals surface area contributed by atoms with E-state index in [-0.39, 0.29) is 37.7 Å². The highest BCUT2D eigenvalue weighted by atomic mass is 79.9. The molecule has 1 amide bonds. The maximum atomic E-state index is 12.8.